The van der Waals surface area contributed by atoms with Gasteiger partial charge in [-0.2, -0.15) is 5.26 Å². The van der Waals surface area contributed by atoms with E-state index in [1.54, 1.807) is 0 Å². The van der Waals surface area contributed by atoms with Gasteiger partial charge in [0.05, 0.1) is 23.0 Å². The van der Waals surface area contributed by atoms with Crippen molar-refractivity contribution >= 4 is 9.84 Å². The number of unbranched alkanes of at least 4 members (excludes halogenated alkanes) is 1. The molecule has 0 aliphatic carbocycles. The van der Waals surface area contributed by atoms with Crippen LogP contribution in [0.15, 0.2) is 0 Å². The van der Waals surface area contributed by atoms with E-state index in [9.17, 15) is 8.42 Å². The van der Waals surface area contributed by atoms with E-state index in [1.165, 1.54) is 0 Å². The van der Waals surface area contributed by atoms with Crippen molar-refractivity contribution in [1.29, 1.82) is 5.26 Å². The maximum Gasteiger partial charge on any atom is 0.151 e. The summed E-state index contributed by atoms with van der Waals surface area (Å²) in [5.74, 6) is 0.156. The zero-order valence-electron chi connectivity index (χ0n) is 9.74. The molecule has 1 fully saturated rings. The third-order valence-electron chi connectivity index (χ3n) is 2.99. The van der Waals surface area contributed by atoms with Crippen LogP contribution >= 0.6 is 0 Å². The van der Waals surface area contributed by atoms with Gasteiger partial charge >= 0.3 is 0 Å². The zero-order chi connectivity index (χ0) is 12.1. The minimum atomic E-state index is -2.99. The van der Waals surface area contributed by atoms with Crippen LogP contribution in [0.4, 0.5) is 0 Å². The Morgan fingerprint density at radius 3 is 2.69 bits per heavy atom. The normalized spacial score (nSPS) is 27.8. The molecule has 0 aromatic rings. The van der Waals surface area contributed by atoms with Gasteiger partial charge in [0.1, 0.15) is 0 Å². The van der Waals surface area contributed by atoms with E-state index >= 15 is 0 Å². The van der Waals surface area contributed by atoms with Gasteiger partial charge in [-0.15, -0.1) is 0 Å². The molecule has 1 heterocycles. The molecule has 0 radical (unpaired) electrons. The van der Waals surface area contributed by atoms with E-state index in [0.29, 0.717) is 26.1 Å². The first kappa shape index (κ1) is 13.5. The average molecular weight is 245 g/mol. The van der Waals surface area contributed by atoms with Crippen LogP contribution < -0.4 is 0 Å². The first-order valence-corrected chi connectivity index (χ1v) is 7.55. The highest BCUT2D eigenvalue weighted by atomic mass is 32.2. The molecular weight excluding hydrogens is 226 g/mol. The molecule has 0 spiro atoms. The molecule has 1 atom stereocenters. The second kappa shape index (κ2) is 5.65. The summed E-state index contributed by atoms with van der Waals surface area (Å²) in [6.07, 6.45) is 3.09. The van der Waals surface area contributed by atoms with Crippen LogP contribution in [0, 0.1) is 16.7 Å². The number of ether oxygens (including phenoxy) is 1. The lowest BCUT2D eigenvalue weighted by Gasteiger charge is -2.18. The smallest absolute Gasteiger partial charge is 0.151 e. The molecule has 0 saturated carbocycles. The third kappa shape index (κ3) is 3.76. The Labute approximate surface area is 97.5 Å². The van der Waals surface area contributed by atoms with E-state index in [4.69, 9.17) is 10.00 Å². The van der Waals surface area contributed by atoms with Crippen LogP contribution in [0.1, 0.15) is 32.6 Å². The Kier molecular flexibility index (Phi) is 4.75. The number of sulfone groups is 1. The molecule has 0 bridgehead atoms. The first-order valence-electron chi connectivity index (χ1n) is 5.73. The molecule has 1 aliphatic rings. The highest BCUT2D eigenvalue weighted by molar-refractivity contribution is 7.91. The molecular formula is C11H19NO3S. The summed E-state index contributed by atoms with van der Waals surface area (Å²) in [7, 11) is -2.99. The fourth-order valence-corrected chi connectivity index (χ4v) is 3.91. The minimum Gasteiger partial charge on any atom is -0.381 e. The predicted octanol–water partition coefficient (Wildman–Crippen LogP) is 1.52. The van der Waals surface area contributed by atoms with Crippen molar-refractivity contribution in [2.45, 2.75) is 32.6 Å². The van der Waals surface area contributed by atoms with Gasteiger partial charge in [-0.25, -0.2) is 8.42 Å². The number of rotatable bonds is 6. The van der Waals surface area contributed by atoms with Gasteiger partial charge in [-0.1, -0.05) is 13.3 Å². The number of hydrogen-bond donors (Lipinski definition) is 0. The zero-order valence-corrected chi connectivity index (χ0v) is 10.6. The summed E-state index contributed by atoms with van der Waals surface area (Å²) in [6, 6.07) is 2.16. The third-order valence-corrected chi connectivity index (χ3v) is 4.81. The molecule has 0 amide bonds. The maximum absolute atomic E-state index is 11.3. The molecule has 16 heavy (non-hydrogen) atoms. The van der Waals surface area contributed by atoms with Gasteiger partial charge in [0.25, 0.3) is 0 Å². The van der Waals surface area contributed by atoms with Gasteiger partial charge in [-0.05, 0) is 19.3 Å². The Morgan fingerprint density at radius 2 is 2.19 bits per heavy atom. The van der Waals surface area contributed by atoms with Crippen LogP contribution in [0.2, 0.25) is 0 Å². The monoisotopic (exact) mass is 245 g/mol. The number of nitriles is 1. The molecule has 4 nitrogen and oxygen atoms in total. The second-order valence-electron chi connectivity index (χ2n) is 4.45. The van der Waals surface area contributed by atoms with E-state index in [2.05, 4.69) is 13.0 Å². The van der Waals surface area contributed by atoms with Crippen molar-refractivity contribution in [2.75, 3.05) is 24.7 Å². The van der Waals surface area contributed by atoms with Gasteiger partial charge < -0.3 is 4.74 Å². The predicted molar refractivity (Wildman–Crippen MR) is 61.7 cm³/mol. The molecule has 1 aliphatic heterocycles. The summed E-state index contributed by atoms with van der Waals surface area (Å²) < 4.78 is 28.1. The van der Waals surface area contributed by atoms with E-state index in [1.807, 2.05) is 0 Å². The summed E-state index contributed by atoms with van der Waals surface area (Å²) in [5, 5.41) is 9.08. The summed E-state index contributed by atoms with van der Waals surface area (Å²) >= 11 is 0. The lowest BCUT2D eigenvalue weighted by Crippen LogP contribution is -2.22. The Hall–Kier alpha value is -0.600. The van der Waals surface area contributed by atoms with Gasteiger partial charge in [0.2, 0.25) is 0 Å². The fraction of sp³-hybridized carbons (Fsp3) is 0.909. The average Bonchev–Trinajstić information content (AvgIpc) is 2.55. The molecule has 0 N–H and O–H groups in total. The van der Waals surface area contributed by atoms with Crippen LogP contribution in [0.3, 0.4) is 0 Å². The molecule has 1 rings (SSSR count). The van der Waals surface area contributed by atoms with Gasteiger partial charge in [-0.3, -0.25) is 0 Å². The topological polar surface area (TPSA) is 67.2 Å². The van der Waals surface area contributed by atoms with E-state index < -0.39 is 15.3 Å². The molecule has 92 valence electrons. The van der Waals surface area contributed by atoms with Crippen molar-refractivity contribution in [3.05, 3.63) is 0 Å². The van der Waals surface area contributed by atoms with Gasteiger partial charge in [0, 0.05) is 13.2 Å². The second-order valence-corrected chi connectivity index (χ2v) is 6.63. The standard InChI is InChI=1S/C11H19NO3S/c1-2-3-6-15-7-4-11(9-12)5-8-16(13,14)10-11/h2-8,10H2,1H3. The minimum absolute atomic E-state index is 0.00758. The van der Waals surface area contributed by atoms with Crippen LogP contribution in [-0.4, -0.2) is 33.1 Å². The van der Waals surface area contributed by atoms with E-state index in [-0.39, 0.29) is 11.5 Å². The summed E-state index contributed by atoms with van der Waals surface area (Å²) in [4.78, 5) is 0. The van der Waals surface area contributed by atoms with Crippen molar-refractivity contribution in [3.63, 3.8) is 0 Å². The van der Waals surface area contributed by atoms with Crippen molar-refractivity contribution < 1.29 is 13.2 Å². The summed E-state index contributed by atoms with van der Waals surface area (Å²) in [6.45, 7) is 3.28. The molecule has 0 aromatic heterocycles. The molecule has 1 saturated heterocycles. The molecule has 1 unspecified atom stereocenters. The quantitative estimate of drug-likeness (QED) is 0.665. The number of hydrogen-bond acceptors (Lipinski definition) is 4. The first-order chi connectivity index (χ1) is 7.54. The fourth-order valence-electron chi connectivity index (χ4n) is 1.87. The Balaban J connectivity index is 2.36. The maximum atomic E-state index is 11.3. The van der Waals surface area contributed by atoms with Crippen LogP contribution in [0.5, 0.6) is 0 Å². The van der Waals surface area contributed by atoms with Crippen LogP contribution in [-0.2, 0) is 14.6 Å². The SMILES string of the molecule is CCCCOCCC1(C#N)CCS(=O)(=O)C1. The lowest BCUT2D eigenvalue weighted by molar-refractivity contribution is 0.110. The van der Waals surface area contributed by atoms with Crippen molar-refractivity contribution in [2.24, 2.45) is 5.41 Å². The van der Waals surface area contributed by atoms with Gasteiger partial charge in [0.15, 0.2) is 9.84 Å². The number of nitrogens with zero attached hydrogens (tertiary/aromatic N) is 1. The lowest BCUT2D eigenvalue weighted by atomic mass is 9.86. The van der Waals surface area contributed by atoms with E-state index in [0.717, 1.165) is 12.8 Å². The molecule has 5 heteroatoms. The Morgan fingerprint density at radius 1 is 1.44 bits per heavy atom. The highest BCUT2D eigenvalue weighted by Gasteiger charge is 2.42. The largest absolute Gasteiger partial charge is 0.381 e. The Bertz CT molecular complexity index is 358. The van der Waals surface area contributed by atoms with Crippen molar-refractivity contribution in [1.82, 2.24) is 0 Å². The summed E-state index contributed by atoms with van der Waals surface area (Å²) in [5.41, 5.74) is -0.689. The highest BCUT2D eigenvalue weighted by Crippen LogP contribution is 2.34. The molecule has 0 aromatic carbocycles. The van der Waals surface area contributed by atoms with Crippen LogP contribution in [0.25, 0.3) is 0 Å². The van der Waals surface area contributed by atoms with Crippen molar-refractivity contribution in [3.8, 4) is 6.07 Å².